The molecule has 13 rings (SSSR count). The Balaban J connectivity index is 0.909. The van der Waals surface area contributed by atoms with Gasteiger partial charge in [-0.15, -0.1) is 0 Å². The van der Waals surface area contributed by atoms with Crippen molar-refractivity contribution in [3.05, 3.63) is 247 Å². The van der Waals surface area contributed by atoms with E-state index in [4.69, 9.17) is 0 Å². The number of hydrogen-bond donors (Lipinski definition) is 0. The number of fused-ring (bicyclic) bond motifs is 10. The third kappa shape index (κ3) is 4.63. The number of anilines is 3. The fraction of sp³-hybridized carbons (Fsp3) is 0.0169. The minimum absolute atomic E-state index is 0.355. The summed E-state index contributed by atoms with van der Waals surface area (Å²) in [6.07, 6.45) is 0. The van der Waals surface area contributed by atoms with E-state index in [-0.39, 0.29) is 5.41 Å². The first kappa shape index (κ1) is 33.3. The lowest BCUT2D eigenvalue weighted by Gasteiger charge is -2.30. The van der Waals surface area contributed by atoms with Crippen LogP contribution in [0.3, 0.4) is 0 Å². The third-order valence-corrected chi connectivity index (χ3v) is 13.4. The van der Waals surface area contributed by atoms with E-state index < -0.39 is 0 Å². The zero-order valence-electron chi connectivity index (χ0n) is 32.8. The average molecular weight is 760 g/mol. The predicted molar refractivity (Wildman–Crippen MR) is 252 cm³/mol. The van der Waals surface area contributed by atoms with Crippen LogP contribution in [-0.4, -0.2) is 0 Å². The van der Waals surface area contributed by atoms with Gasteiger partial charge < -0.3 is 4.90 Å². The van der Waals surface area contributed by atoms with Crippen LogP contribution in [0.2, 0.25) is 0 Å². The van der Waals surface area contributed by atoms with Crippen LogP contribution in [-0.2, 0) is 5.41 Å². The van der Waals surface area contributed by atoms with Gasteiger partial charge in [0.15, 0.2) is 0 Å². The standard InChI is InChI=1S/C59H37N/c1-3-13-46(14-4-1)60(47-15-5-2-6-16-47)48-30-27-38(28-31-48)44-33-40-23-25-42-35-45(36-43-26-24-41(34-44)57(40)58(42)43)39-29-32-52-51-19-9-12-22-55(51)59(56(52)37-39)53-20-10-7-17-49(53)50-18-8-11-21-54(50)59/h1-37H. The molecular formula is C59H37N. The monoisotopic (exact) mass is 759 g/mol. The van der Waals surface area contributed by atoms with E-state index in [1.165, 1.54) is 99.1 Å². The van der Waals surface area contributed by atoms with Crippen molar-refractivity contribution in [2.75, 3.05) is 4.90 Å². The number of hydrogen-bond acceptors (Lipinski definition) is 1. The second kappa shape index (κ2) is 12.6. The summed E-state index contributed by atoms with van der Waals surface area (Å²) in [7, 11) is 0. The summed E-state index contributed by atoms with van der Waals surface area (Å²) in [5.74, 6) is 0. The molecule has 0 radical (unpaired) electrons. The summed E-state index contributed by atoms with van der Waals surface area (Å²) >= 11 is 0. The Hall–Kier alpha value is -7.74. The van der Waals surface area contributed by atoms with Gasteiger partial charge in [-0.3, -0.25) is 0 Å². The van der Waals surface area contributed by atoms with Gasteiger partial charge in [-0.25, -0.2) is 0 Å². The molecule has 0 fully saturated rings. The van der Waals surface area contributed by atoms with Crippen LogP contribution in [0.1, 0.15) is 22.3 Å². The van der Waals surface area contributed by atoms with Crippen molar-refractivity contribution in [1.82, 2.24) is 0 Å². The molecule has 2 aliphatic carbocycles. The van der Waals surface area contributed by atoms with Gasteiger partial charge in [0, 0.05) is 17.1 Å². The van der Waals surface area contributed by atoms with Crippen LogP contribution < -0.4 is 4.90 Å². The highest BCUT2D eigenvalue weighted by Crippen LogP contribution is 2.63. The summed E-state index contributed by atoms with van der Waals surface area (Å²) in [4.78, 5) is 2.31. The molecule has 0 aromatic heterocycles. The highest BCUT2D eigenvalue weighted by molar-refractivity contribution is 6.24. The van der Waals surface area contributed by atoms with E-state index in [2.05, 4.69) is 229 Å². The Bertz CT molecular complexity index is 3300. The Kier molecular flexibility index (Phi) is 7.00. The molecule has 2 aliphatic rings. The van der Waals surface area contributed by atoms with E-state index in [1.807, 2.05) is 0 Å². The molecule has 1 heteroatoms. The van der Waals surface area contributed by atoms with Gasteiger partial charge >= 0.3 is 0 Å². The lowest BCUT2D eigenvalue weighted by atomic mass is 9.70. The smallest absolute Gasteiger partial charge is 0.0725 e. The average Bonchev–Trinajstić information content (AvgIpc) is 3.79. The zero-order valence-corrected chi connectivity index (χ0v) is 32.8. The lowest BCUT2D eigenvalue weighted by Crippen LogP contribution is -2.25. The predicted octanol–water partition coefficient (Wildman–Crippen LogP) is 15.7. The van der Waals surface area contributed by atoms with Crippen molar-refractivity contribution < 1.29 is 0 Å². The van der Waals surface area contributed by atoms with Crippen LogP contribution >= 0.6 is 0 Å². The SMILES string of the molecule is c1ccc(N(c2ccccc2)c2ccc(-c3cc4ccc5cc(-c6ccc7c(c6)C6(c8ccccc8-c8ccccc86)c6ccccc6-7)cc6ccc(c3)c4c56)cc2)cc1. The molecule has 1 spiro atoms. The molecular weight excluding hydrogens is 723 g/mol. The molecule has 11 aromatic rings. The molecule has 0 saturated heterocycles. The molecule has 0 atom stereocenters. The fourth-order valence-electron chi connectivity index (χ4n) is 10.8. The van der Waals surface area contributed by atoms with Gasteiger partial charge in [0.05, 0.1) is 5.41 Å². The zero-order chi connectivity index (χ0) is 39.4. The summed E-state index contributed by atoms with van der Waals surface area (Å²) in [6.45, 7) is 0. The van der Waals surface area contributed by atoms with E-state index in [0.717, 1.165) is 17.1 Å². The minimum atomic E-state index is -0.355. The van der Waals surface area contributed by atoms with E-state index in [1.54, 1.807) is 0 Å². The maximum absolute atomic E-state index is 2.50. The molecule has 0 N–H and O–H groups in total. The molecule has 0 bridgehead atoms. The number of para-hydroxylation sites is 2. The normalized spacial score (nSPS) is 13.1. The Morgan fingerprint density at radius 1 is 0.250 bits per heavy atom. The van der Waals surface area contributed by atoms with Crippen molar-refractivity contribution in [3.63, 3.8) is 0 Å². The first-order valence-corrected chi connectivity index (χ1v) is 20.9. The van der Waals surface area contributed by atoms with Gasteiger partial charge in [-0.05, 0) is 166 Å². The quantitative estimate of drug-likeness (QED) is 0.158. The van der Waals surface area contributed by atoms with Gasteiger partial charge in [-0.1, -0.05) is 158 Å². The first-order valence-electron chi connectivity index (χ1n) is 20.9. The maximum atomic E-state index is 2.50. The molecule has 60 heavy (non-hydrogen) atoms. The molecule has 278 valence electrons. The summed E-state index contributed by atoms with van der Waals surface area (Å²) in [5, 5.41) is 7.75. The minimum Gasteiger partial charge on any atom is -0.311 e. The molecule has 0 heterocycles. The maximum Gasteiger partial charge on any atom is 0.0725 e. The molecule has 0 saturated carbocycles. The Morgan fingerprint density at radius 3 is 1.08 bits per heavy atom. The van der Waals surface area contributed by atoms with Crippen LogP contribution in [0.5, 0.6) is 0 Å². The van der Waals surface area contributed by atoms with Crippen molar-refractivity contribution in [3.8, 4) is 44.5 Å². The van der Waals surface area contributed by atoms with Crippen LogP contribution in [0, 0.1) is 0 Å². The second-order valence-electron chi connectivity index (χ2n) is 16.4. The molecule has 0 unspecified atom stereocenters. The van der Waals surface area contributed by atoms with E-state index in [9.17, 15) is 0 Å². The number of benzene rings is 11. The summed E-state index contributed by atoms with van der Waals surface area (Å²) in [6, 6.07) is 83.4. The highest BCUT2D eigenvalue weighted by atomic mass is 15.1. The topological polar surface area (TPSA) is 3.24 Å². The molecule has 0 aliphatic heterocycles. The lowest BCUT2D eigenvalue weighted by molar-refractivity contribution is 0.794. The van der Waals surface area contributed by atoms with Gasteiger partial charge in [-0.2, -0.15) is 0 Å². The highest BCUT2D eigenvalue weighted by Gasteiger charge is 2.51. The van der Waals surface area contributed by atoms with E-state index in [0.29, 0.717) is 0 Å². The summed E-state index contributed by atoms with van der Waals surface area (Å²) in [5.41, 5.74) is 18.8. The van der Waals surface area contributed by atoms with Crippen molar-refractivity contribution >= 4 is 49.4 Å². The Labute approximate surface area is 349 Å². The van der Waals surface area contributed by atoms with Gasteiger partial charge in [0.25, 0.3) is 0 Å². The first-order chi connectivity index (χ1) is 29.7. The van der Waals surface area contributed by atoms with Crippen LogP contribution in [0.25, 0.3) is 76.8 Å². The van der Waals surface area contributed by atoms with Gasteiger partial charge in [0.1, 0.15) is 0 Å². The summed E-state index contributed by atoms with van der Waals surface area (Å²) < 4.78 is 0. The fourth-order valence-corrected chi connectivity index (χ4v) is 10.8. The third-order valence-electron chi connectivity index (χ3n) is 13.4. The second-order valence-corrected chi connectivity index (χ2v) is 16.4. The largest absolute Gasteiger partial charge is 0.311 e. The van der Waals surface area contributed by atoms with Gasteiger partial charge in [0.2, 0.25) is 0 Å². The number of nitrogens with zero attached hydrogens (tertiary/aromatic N) is 1. The van der Waals surface area contributed by atoms with Crippen molar-refractivity contribution in [1.29, 1.82) is 0 Å². The van der Waals surface area contributed by atoms with Crippen LogP contribution in [0.15, 0.2) is 224 Å². The molecule has 1 nitrogen and oxygen atoms in total. The molecule has 0 amide bonds. The van der Waals surface area contributed by atoms with E-state index >= 15 is 0 Å². The van der Waals surface area contributed by atoms with Crippen molar-refractivity contribution in [2.24, 2.45) is 0 Å². The van der Waals surface area contributed by atoms with Crippen LogP contribution in [0.4, 0.5) is 17.1 Å². The molecule has 11 aromatic carbocycles. The Morgan fingerprint density at radius 2 is 0.617 bits per heavy atom. The van der Waals surface area contributed by atoms with Crippen molar-refractivity contribution in [2.45, 2.75) is 5.41 Å². The number of rotatable bonds is 5.